The van der Waals surface area contributed by atoms with Crippen LogP contribution in [-0.2, 0) is 11.2 Å². The topological polar surface area (TPSA) is 88.2 Å². The van der Waals surface area contributed by atoms with Gasteiger partial charge in [0.2, 0.25) is 5.91 Å². The van der Waals surface area contributed by atoms with Crippen molar-refractivity contribution < 1.29 is 9.72 Å². The molecule has 3 aromatic rings. The molecule has 0 radical (unpaired) electrons. The van der Waals surface area contributed by atoms with Gasteiger partial charge in [0.25, 0.3) is 5.69 Å². The zero-order valence-electron chi connectivity index (χ0n) is 16.4. The lowest BCUT2D eigenvalue weighted by atomic mass is 10.1. The maximum Gasteiger partial charge on any atom is 0.270 e. The Morgan fingerprint density at radius 1 is 1.00 bits per heavy atom. The van der Waals surface area contributed by atoms with Crippen LogP contribution in [0.15, 0.2) is 95.1 Å². The van der Waals surface area contributed by atoms with Gasteiger partial charge in [0.05, 0.1) is 22.1 Å². The minimum absolute atomic E-state index is 0.0177. The van der Waals surface area contributed by atoms with Gasteiger partial charge in [-0.3, -0.25) is 19.8 Å². The van der Waals surface area contributed by atoms with E-state index < -0.39 is 4.92 Å². The Morgan fingerprint density at radius 3 is 2.42 bits per heavy atom. The molecule has 31 heavy (non-hydrogen) atoms. The van der Waals surface area contributed by atoms with Gasteiger partial charge >= 0.3 is 0 Å². The molecule has 1 amide bonds. The van der Waals surface area contributed by atoms with Crippen LogP contribution in [0.3, 0.4) is 0 Å². The molecule has 0 unspecified atom stereocenters. The fraction of sp³-hybridized carbons (Fsp3) is 0.0870. The largest absolute Gasteiger partial charge is 0.273 e. The Hall–Kier alpha value is -3.78. The van der Waals surface area contributed by atoms with E-state index in [1.165, 1.54) is 30.1 Å². The molecular formula is C23H18N4O3S. The van der Waals surface area contributed by atoms with Gasteiger partial charge in [0.15, 0.2) is 5.17 Å². The number of amidine groups is 1. The van der Waals surface area contributed by atoms with Crippen molar-refractivity contribution in [3.63, 3.8) is 0 Å². The summed E-state index contributed by atoms with van der Waals surface area (Å²) in [5.74, 6) is -0.0515. The fourth-order valence-corrected chi connectivity index (χ4v) is 4.30. The molecule has 4 rings (SSSR count). The summed E-state index contributed by atoms with van der Waals surface area (Å²) in [7, 11) is 0. The molecule has 0 bridgehead atoms. The van der Waals surface area contributed by atoms with Crippen LogP contribution in [0.25, 0.3) is 0 Å². The molecule has 8 heteroatoms. The number of nitro benzene ring substituents is 1. The van der Waals surface area contributed by atoms with Gasteiger partial charge in [-0.2, -0.15) is 5.10 Å². The Kier molecular flexibility index (Phi) is 6.18. The van der Waals surface area contributed by atoms with Gasteiger partial charge in [-0.05, 0) is 24.1 Å². The van der Waals surface area contributed by atoms with E-state index in [1.807, 2.05) is 60.7 Å². The number of amides is 1. The summed E-state index contributed by atoms with van der Waals surface area (Å²) in [5.41, 5.74) is 2.33. The predicted molar refractivity (Wildman–Crippen MR) is 124 cm³/mol. The second kappa shape index (κ2) is 9.36. The molecule has 154 valence electrons. The minimum atomic E-state index is -0.458. The number of nitro groups is 1. The van der Waals surface area contributed by atoms with Crippen LogP contribution < -0.4 is 4.90 Å². The molecule has 1 heterocycles. The lowest BCUT2D eigenvalue weighted by Crippen LogP contribution is -2.32. The number of rotatable bonds is 6. The molecule has 1 atom stereocenters. The molecule has 7 nitrogen and oxygen atoms in total. The van der Waals surface area contributed by atoms with Crippen LogP contribution in [0.1, 0.15) is 11.1 Å². The van der Waals surface area contributed by atoms with E-state index in [9.17, 15) is 14.9 Å². The van der Waals surface area contributed by atoms with Gasteiger partial charge in [-0.25, -0.2) is 0 Å². The molecule has 0 aromatic heterocycles. The van der Waals surface area contributed by atoms with Crippen molar-refractivity contribution in [2.24, 2.45) is 10.2 Å². The summed E-state index contributed by atoms with van der Waals surface area (Å²) >= 11 is 1.36. The Morgan fingerprint density at radius 2 is 1.71 bits per heavy atom. The lowest BCUT2D eigenvalue weighted by Gasteiger charge is -2.15. The molecule has 0 N–H and O–H groups in total. The maximum atomic E-state index is 13.2. The van der Waals surface area contributed by atoms with Crippen molar-refractivity contribution >= 4 is 40.4 Å². The van der Waals surface area contributed by atoms with Crippen molar-refractivity contribution in [1.82, 2.24) is 0 Å². The quantitative estimate of drug-likeness (QED) is 0.323. The molecule has 1 aliphatic heterocycles. The smallest absolute Gasteiger partial charge is 0.270 e. The van der Waals surface area contributed by atoms with Gasteiger partial charge in [-0.15, -0.1) is 5.10 Å². The number of anilines is 1. The highest BCUT2D eigenvalue weighted by molar-refractivity contribution is 8.16. The van der Waals surface area contributed by atoms with E-state index in [0.717, 1.165) is 11.3 Å². The third-order valence-corrected chi connectivity index (χ3v) is 5.77. The molecule has 1 aliphatic rings. The van der Waals surface area contributed by atoms with Crippen molar-refractivity contribution in [3.05, 3.63) is 106 Å². The standard InChI is InChI=1S/C23H18N4O3S/c28-22-21(15-17-8-3-1-4-9-17)31-23(26(22)19-11-5-2-6-12-19)25-24-16-18-10-7-13-20(14-18)27(29)30/h1-14,16,21H,15H2/b24-16-,25-23+/t21-/m1/s1. The van der Waals surface area contributed by atoms with Crippen LogP contribution >= 0.6 is 11.8 Å². The highest BCUT2D eigenvalue weighted by atomic mass is 32.2. The highest BCUT2D eigenvalue weighted by Gasteiger charge is 2.39. The summed E-state index contributed by atoms with van der Waals surface area (Å²) in [6, 6.07) is 25.3. The van der Waals surface area contributed by atoms with E-state index in [-0.39, 0.29) is 16.8 Å². The first kappa shape index (κ1) is 20.5. The second-order valence-electron chi connectivity index (χ2n) is 6.78. The second-order valence-corrected chi connectivity index (χ2v) is 7.95. The lowest BCUT2D eigenvalue weighted by molar-refractivity contribution is -0.384. The molecule has 0 spiro atoms. The number of non-ortho nitro benzene ring substituents is 1. The fourth-order valence-electron chi connectivity index (χ4n) is 3.17. The van der Waals surface area contributed by atoms with Crippen molar-refractivity contribution in [2.75, 3.05) is 4.90 Å². The monoisotopic (exact) mass is 430 g/mol. The summed E-state index contributed by atoms with van der Waals surface area (Å²) in [5, 5.41) is 19.5. The first-order valence-electron chi connectivity index (χ1n) is 9.57. The van der Waals surface area contributed by atoms with E-state index in [4.69, 9.17) is 0 Å². The Labute approximate surface area is 183 Å². The van der Waals surface area contributed by atoms with Crippen molar-refractivity contribution in [3.8, 4) is 0 Å². The van der Waals surface area contributed by atoms with E-state index >= 15 is 0 Å². The van der Waals surface area contributed by atoms with Gasteiger partial charge in [0.1, 0.15) is 0 Å². The summed E-state index contributed by atoms with van der Waals surface area (Å²) in [6.07, 6.45) is 2.03. The van der Waals surface area contributed by atoms with Crippen LogP contribution in [0.2, 0.25) is 0 Å². The number of para-hydroxylation sites is 1. The first-order chi connectivity index (χ1) is 15.1. The van der Waals surface area contributed by atoms with Crippen molar-refractivity contribution in [2.45, 2.75) is 11.7 Å². The van der Waals surface area contributed by atoms with Crippen LogP contribution in [0.5, 0.6) is 0 Å². The number of hydrogen-bond donors (Lipinski definition) is 0. The Bertz CT molecular complexity index is 1150. The van der Waals surface area contributed by atoms with E-state index in [2.05, 4.69) is 10.2 Å². The third-order valence-electron chi connectivity index (χ3n) is 4.64. The summed E-state index contributed by atoms with van der Waals surface area (Å²) in [6.45, 7) is 0. The van der Waals surface area contributed by atoms with Crippen LogP contribution in [0.4, 0.5) is 11.4 Å². The number of nitrogens with zero attached hydrogens (tertiary/aromatic N) is 4. The zero-order valence-corrected chi connectivity index (χ0v) is 17.2. The van der Waals surface area contributed by atoms with Gasteiger partial charge in [-0.1, -0.05) is 72.4 Å². The average Bonchev–Trinajstić information content (AvgIpc) is 3.10. The number of carbonyl (C=O) groups excluding carboxylic acids is 1. The van der Waals surface area contributed by atoms with Crippen molar-refractivity contribution in [1.29, 1.82) is 0 Å². The zero-order chi connectivity index (χ0) is 21.6. The van der Waals surface area contributed by atoms with Gasteiger partial charge < -0.3 is 0 Å². The molecular weight excluding hydrogens is 412 g/mol. The molecule has 1 saturated heterocycles. The summed E-state index contributed by atoms with van der Waals surface area (Å²) < 4.78 is 0. The first-order valence-corrected chi connectivity index (χ1v) is 10.4. The number of benzene rings is 3. The van der Waals surface area contributed by atoms with E-state index in [0.29, 0.717) is 17.2 Å². The molecule has 0 aliphatic carbocycles. The van der Waals surface area contributed by atoms with E-state index in [1.54, 1.807) is 17.0 Å². The number of carbonyl (C=O) groups is 1. The highest BCUT2D eigenvalue weighted by Crippen LogP contribution is 2.33. The molecule has 0 saturated carbocycles. The predicted octanol–water partition coefficient (Wildman–Crippen LogP) is 4.68. The van der Waals surface area contributed by atoms with Crippen LogP contribution in [-0.4, -0.2) is 27.5 Å². The molecule has 1 fully saturated rings. The normalized spacial score (nSPS) is 17.5. The minimum Gasteiger partial charge on any atom is -0.273 e. The van der Waals surface area contributed by atoms with Gasteiger partial charge in [0, 0.05) is 17.7 Å². The maximum absolute atomic E-state index is 13.2. The number of thioether (sulfide) groups is 1. The average molecular weight is 430 g/mol. The molecule has 3 aromatic carbocycles. The third kappa shape index (κ3) is 4.87. The summed E-state index contributed by atoms with van der Waals surface area (Å²) in [4.78, 5) is 25.2. The van der Waals surface area contributed by atoms with Crippen LogP contribution in [0, 0.1) is 10.1 Å². The number of hydrogen-bond acceptors (Lipinski definition) is 6. The Balaban J connectivity index is 1.61. The SMILES string of the molecule is O=C1[C@@H](Cc2ccccc2)S/C(=N/N=C\c2cccc([N+](=O)[O-])c2)N1c1ccccc1.